The Morgan fingerprint density at radius 1 is 1.38 bits per heavy atom. The summed E-state index contributed by atoms with van der Waals surface area (Å²) in [6.07, 6.45) is 0.950. The fourth-order valence-corrected chi connectivity index (χ4v) is 4.24. The number of benzene rings is 1. The van der Waals surface area contributed by atoms with Crippen LogP contribution in [0.2, 0.25) is 0 Å². The van der Waals surface area contributed by atoms with Gasteiger partial charge in [-0.05, 0) is 12.0 Å². The molecule has 3 rings (SSSR count). The lowest BCUT2D eigenvalue weighted by molar-refractivity contribution is -0.431. The van der Waals surface area contributed by atoms with Gasteiger partial charge in [0.2, 0.25) is 0 Å². The summed E-state index contributed by atoms with van der Waals surface area (Å²) >= 11 is 1.62. The molecule has 6 heteroatoms. The second-order valence-electron chi connectivity index (χ2n) is 5.34. The molecule has 0 amide bonds. The van der Waals surface area contributed by atoms with E-state index in [1.54, 1.807) is 11.8 Å². The maximum Gasteiger partial charge on any atom is 0.289 e. The van der Waals surface area contributed by atoms with Crippen LogP contribution < -0.4 is 0 Å². The summed E-state index contributed by atoms with van der Waals surface area (Å²) in [5.74, 6) is 0.947. The zero-order chi connectivity index (χ0) is 14.8. The number of rotatable bonds is 4. The third kappa shape index (κ3) is 2.78. The van der Waals surface area contributed by atoms with E-state index in [1.165, 1.54) is 5.56 Å². The SMILES string of the molecule is CC[C@@H](c1ccccc1)N1CC([N+](=O)[O-])=C2SCCN2C1. The highest BCUT2D eigenvalue weighted by Gasteiger charge is 2.37. The van der Waals surface area contributed by atoms with Crippen molar-refractivity contribution in [3.8, 4) is 0 Å². The van der Waals surface area contributed by atoms with E-state index in [2.05, 4.69) is 28.9 Å². The van der Waals surface area contributed by atoms with Crippen molar-refractivity contribution in [2.24, 2.45) is 0 Å². The van der Waals surface area contributed by atoms with Gasteiger partial charge >= 0.3 is 0 Å². The van der Waals surface area contributed by atoms with Crippen molar-refractivity contribution in [3.63, 3.8) is 0 Å². The first-order valence-electron chi connectivity index (χ1n) is 7.25. The van der Waals surface area contributed by atoms with Gasteiger partial charge in [0, 0.05) is 18.3 Å². The molecular formula is C15H19N3O2S. The molecule has 0 N–H and O–H groups in total. The van der Waals surface area contributed by atoms with Crippen LogP contribution in [0.5, 0.6) is 0 Å². The topological polar surface area (TPSA) is 49.6 Å². The molecule has 2 heterocycles. The van der Waals surface area contributed by atoms with Crippen molar-refractivity contribution < 1.29 is 4.92 Å². The first-order valence-corrected chi connectivity index (χ1v) is 8.23. The van der Waals surface area contributed by atoms with E-state index >= 15 is 0 Å². The highest BCUT2D eigenvalue weighted by atomic mass is 32.2. The van der Waals surface area contributed by atoms with Crippen molar-refractivity contribution in [2.75, 3.05) is 25.5 Å². The van der Waals surface area contributed by atoms with Crippen LogP contribution >= 0.6 is 11.8 Å². The molecule has 0 unspecified atom stereocenters. The third-order valence-electron chi connectivity index (χ3n) is 4.07. The smallest absolute Gasteiger partial charge is 0.289 e. The van der Waals surface area contributed by atoms with Gasteiger partial charge in [-0.2, -0.15) is 0 Å². The number of fused-ring (bicyclic) bond motifs is 1. The molecule has 21 heavy (non-hydrogen) atoms. The van der Waals surface area contributed by atoms with Crippen LogP contribution in [0.15, 0.2) is 41.1 Å². The molecule has 1 aromatic rings. The predicted octanol–water partition coefficient (Wildman–Crippen LogP) is 2.91. The van der Waals surface area contributed by atoms with Crippen LogP contribution in [-0.2, 0) is 0 Å². The van der Waals surface area contributed by atoms with Gasteiger partial charge in [-0.25, -0.2) is 0 Å². The third-order valence-corrected chi connectivity index (χ3v) is 5.23. The van der Waals surface area contributed by atoms with Crippen LogP contribution in [0.4, 0.5) is 0 Å². The van der Waals surface area contributed by atoms with Crippen molar-refractivity contribution >= 4 is 11.8 Å². The van der Waals surface area contributed by atoms with Gasteiger partial charge in [0.05, 0.1) is 18.1 Å². The summed E-state index contributed by atoms with van der Waals surface area (Å²) in [6, 6.07) is 10.5. The molecule has 0 spiro atoms. The Morgan fingerprint density at radius 2 is 2.14 bits per heavy atom. The largest absolute Gasteiger partial charge is 0.347 e. The second-order valence-corrected chi connectivity index (χ2v) is 6.43. The predicted molar refractivity (Wildman–Crippen MR) is 84.2 cm³/mol. The van der Waals surface area contributed by atoms with Gasteiger partial charge in [-0.3, -0.25) is 15.0 Å². The lowest BCUT2D eigenvalue weighted by atomic mass is 10.0. The lowest BCUT2D eigenvalue weighted by Gasteiger charge is -2.37. The van der Waals surface area contributed by atoms with Crippen LogP contribution in [0.25, 0.3) is 0 Å². The minimum Gasteiger partial charge on any atom is -0.347 e. The fourth-order valence-electron chi connectivity index (χ4n) is 3.10. The van der Waals surface area contributed by atoms with Crippen LogP contribution in [0.1, 0.15) is 24.9 Å². The molecule has 0 bridgehead atoms. The Kier molecular flexibility index (Phi) is 4.17. The number of hydrogen-bond donors (Lipinski definition) is 0. The average molecular weight is 305 g/mol. The average Bonchev–Trinajstić information content (AvgIpc) is 2.96. The standard InChI is InChI=1S/C15H19N3O2S/c1-2-13(12-6-4-3-5-7-12)17-10-14(18(19)20)15-16(11-17)8-9-21-15/h3-7,13H,2,8-11H2,1H3/t13-/m0/s1. The summed E-state index contributed by atoms with van der Waals surface area (Å²) in [6.45, 7) is 4.26. The van der Waals surface area contributed by atoms with Gasteiger partial charge < -0.3 is 4.90 Å². The zero-order valence-corrected chi connectivity index (χ0v) is 12.9. The number of thioether (sulfide) groups is 1. The Balaban J connectivity index is 1.88. The van der Waals surface area contributed by atoms with Crippen LogP contribution in [-0.4, -0.2) is 40.2 Å². The number of hydrogen-bond acceptors (Lipinski definition) is 5. The quantitative estimate of drug-likeness (QED) is 0.632. The van der Waals surface area contributed by atoms with Crippen molar-refractivity contribution in [3.05, 3.63) is 56.7 Å². The lowest BCUT2D eigenvalue weighted by Crippen LogP contribution is -2.44. The van der Waals surface area contributed by atoms with Crippen molar-refractivity contribution in [1.82, 2.24) is 9.80 Å². The Hall–Kier alpha value is -1.53. The first-order chi connectivity index (χ1) is 10.2. The van der Waals surface area contributed by atoms with Gasteiger partial charge in [-0.1, -0.05) is 37.3 Å². The van der Waals surface area contributed by atoms with E-state index in [0.29, 0.717) is 12.2 Å². The van der Waals surface area contributed by atoms with Crippen LogP contribution in [0.3, 0.4) is 0 Å². The van der Waals surface area contributed by atoms with E-state index in [-0.39, 0.29) is 11.0 Å². The summed E-state index contributed by atoms with van der Waals surface area (Å²) < 4.78 is 0. The highest BCUT2D eigenvalue weighted by molar-refractivity contribution is 8.03. The maximum atomic E-state index is 11.4. The Bertz CT molecular complexity index is 561. The van der Waals surface area contributed by atoms with Crippen molar-refractivity contribution in [2.45, 2.75) is 19.4 Å². The molecule has 5 nitrogen and oxygen atoms in total. The summed E-state index contributed by atoms with van der Waals surface area (Å²) in [5, 5.41) is 12.2. The molecule has 0 aromatic heterocycles. The summed E-state index contributed by atoms with van der Waals surface area (Å²) in [7, 11) is 0. The Morgan fingerprint density at radius 3 is 2.81 bits per heavy atom. The van der Waals surface area contributed by atoms with E-state index in [4.69, 9.17) is 0 Å². The molecule has 1 saturated heterocycles. The monoisotopic (exact) mass is 305 g/mol. The van der Waals surface area contributed by atoms with Gasteiger partial charge in [0.25, 0.3) is 5.70 Å². The van der Waals surface area contributed by atoms with E-state index in [9.17, 15) is 10.1 Å². The number of nitro groups is 1. The molecule has 1 atom stereocenters. The molecule has 1 aromatic carbocycles. The molecule has 2 aliphatic heterocycles. The summed E-state index contributed by atoms with van der Waals surface area (Å²) in [4.78, 5) is 15.5. The minimum atomic E-state index is -0.204. The van der Waals surface area contributed by atoms with Gasteiger partial charge in [-0.15, -0.1) is 11.8 Å². The molecular weight excluding hydrogens is 286 g/mol. The van der Waals surface area contributed by atoms with Crippen molar-refractivity contribution in [1.29, 1.82) is 0 Å². The van der Waals surface area contributed by atoms with Gasteiger partial charge in [0.15, 0.2) is 0 Å². The molecule has 0 aliphatic carbocycles. The normalized spacial score (nSPS) is 20.5. The summed E-state index contributed by atoms with van der Waals surface area (Å²) in [5.41, 5.74) is 1.59. The highest BCUT2D eigenvalue weighted by Crippen LogP contribution is 2.37. The molecule has 0 radical (unpaired) electrons. The maximum absolute atomic E-state index is 11.4. The van der Waals surface area contributed by atoms with Gasteiger partial charge in [0.1, 0.15) is 5.03 Å². The fraction of sp³-hybridized carbons (Fsp3) is 0.467. The van der Waals surface area contributed by atoms with Crippen LogP contribution in [0, 0.1) is 10.1 Å². The molecule has 2 aliphatic rings. The number of nitrogens with zero attached hydrogens (tertiary/aromatic N) is 3. The first kappa shape index (κ1) is 14.4. The minimum absolute atomic E-state index is 0.204. The second kappa shape index (κ2) is 6.07. The molecule has 112 valence electrons. The Labute approximate surface area is 128 Å². The van der Waals surface area contributed by atoms with E-state index < -0.39 is 0 Å². The van der Waals surface area contributed by atoms with E-state index in [0.717, 1.165) is 30.4 Å². The zero-order valence-electron chi connectivity index (χ0n) is 12.1. The molecule has 1 fully saturated rings. The molecule has 0 saturated carbocycles. The van der Waals surface area contributed by atoms with E-state index in [1.807, 2.05) is 18.2 Å².